The van der Waals surface area contributed by atoms with Crippen LogP contribution in [0, 0.1) is 6.92 Å². The SMILES string of the molecule is Cc1cccc(N)[n+]1C.[I-]. The number of aryl methyl sites for hydroxylation is 1. The Bertz CT molecular complexity index is 203. The summed E-state index contributed by atoms with van der Waals surface area (Å²) in [4.78, 5) is 0. The third-order valence-electron chi connectivity index (χ3n) is 1.52. The van der Waals surface area contributed by atoms with E-state index in [9.17, 15) is 0 Å². The minimum Gasteiger partial charge on any atom is -1.00 e. The van der Waals surface area contributed by atoms with Crippen LogP contribution in [0.2, 0.25) is 0 Å². The molecule has 2 N–H and O–H groups in total. The Morgan fingerprint density at radius 3 is 2.40 bits per heavy atom. The van der Waals surface area contributed by atoms with Crippen molar-refractivity contribution in [3.63, 3.8) is 0 Å². The molecular weight excluding hydrogens is 239 g/mol. The highest BCUT2D eigenvalue weighted by Crippen LogP contribution is 1.93. The zero-order chi connectivity index (χ0) is 6.85. The van der Waals surface area contributed by atoms with E-state index in [1.165, 1.54) is 5.69 Å². The van der Waals surface area contributed by atoms with Gasteiger partial charge >= 0.3 is 0 Å². The minimum absolute atomic E-state index is 0. The molecule has 1 aromatic heterocycles. The van der Waals surface area contributed by atoms with E-state index in [4.69, 9.17) is 5.73 Å². The molecule has 0 aliphatic heterocycles. The first-order chi connectivity index (χ1) is 4.22. The molecule has 2 nitrogen and oxygen atoms in total. The number of nitrogens with two attached hydrogens (primary N) is 1. The average molecular weight is 250 g/mol. The number of hydrogen-bond acceptors (Lipinski definition) is 1. The Kier molecular flexibility index (Phi) is 3.63. The second-order valence-electron chi connectivity index (χ2n) is 2.15. The molecule has 56 valence electrons. The zero-order valence-corrected chi connectivity index (χ0v) is 8.29. The van der Waals surface area contributed by atoms with Gasteiger partial charge in [0.25, 0.3) is 5.82 Å². The number of nitrogen functional groups attached to an aromatic ring is 1. The second-order valence-corrected chi connectivity index (χ2v) is 2.15. The monoisotopic (exact) mass is 250 g/mol. The lowest BCUT2D eigenvalue weighted by Crippen LogP contribution is -3.00. The van der Waals surface area contributed by atoms with E-state index < -0.39 is 0 Å². The lowest BCUT2D eigenvalue weighted by Gasteiger charge is -1.96. The van der Waals surface area contributed by atoms with Crippen LogP contribution >= 0.6 is 0 Å². The van der Waals surface area contributed by atoms with Crippen LogP contribution in [0.1, 0.15) is 5.69 Å². The third-order valence-corrected chi connectivity index (χ3v) is 1.52. The molecule has 1 aromatic rings. The van der Waals surface area contributed by atoms with Gasteiger partial charge in [-0.1, -0.05) is 6.07 Å². The maximum absolute atomic E-state index is 5.58. The molecular formula is C7H11IN2. The molecule has 10 heavy (non-hydrogen) atoms. The van der Waals surface area contributed by atoms with Crippen LogP contribution in [-0.4, -0.2) is 0 Å². The van der Waals surface area contributed by atoms with E-state index in [1.807, 2.05) is 36.7 Å². The van der Waals surface area contributed by atoms with Gasteiger partial charge < -0.3 is 24.0 Å². The van der Waals surface area contributed by atoms with Gasteiger partial charge in [-0.05, 0) is 13.0 Å². The molecule has 0 atom stereocenters. The molecule has 0 radical (unpaired) electrons. The summed E-state index contributed by atoms with van der Waals surface area (Å²) in [6, 6.07) is 5.86. The number of rotatable bonds is 0. The Hall–Kier alpha value is -0.320. The largest absolute Gasteiger partial charge is 1.00 e. The predicted octanol–water partition coefficient (Wildman–Crippen LogP) is -2.59. The lowest BCUT2D eigenvalue weighted by molar-refractivity contribution is -0.663. The number of pyridine rings is 1. The molecule has 0 saturated carbocycles. The molecule has 0 saturated heterocycles. The van der Waals surface area contributed by atoms with Gasteiger partial charge in [-0.25, -0.2) is 4.57 Å². The number of nitrogens with zero attached hydrogens (tertiary/aromatic N) is 1. The summed E-state index contributed by atoms with van der Waals surface area (Å²) >= 11 is 0. The topological polar surface area (TPSA) is 29.9 Å². The van der Waals surface area contributed by atoms with Crippen molar-refractivity contribution in [2.45, 2.75) is 6.92 Å². The fourth-order valence-corrected chi connectivity index (χ4v) is 0.713. The minimum atomic E-state index is 0. The Labute approximate surface area is 78.1 Å². The average Bonchev–Trinajstić information content (AvgIpc) is 1.83. The number of aromatic nitrogens is 1. The molecule has 3 heteroatoms. The number of hydrogen-bond donors (Lipinski definition) is 1. The van der Waals surface area contributed by atoms with Crippen molar-refractivity contribution in [2.75, 3.05) is 5.73 Å². The van der Waals surface area contributed by atoms with Crippen LogP contribution in [0.5, 0.6) is 0 Å². The van der Waals surface area contributed by atoms with E-state index in [-0.39, 0.29) is 24.0 Å². The molecule has 0 amide bonds. The summed E-state index contributed by atoms with van der Waals surface area (Å²) in [5.74, 6) is 0.801. The summed E-state index contributed by atoms with van der Waals surface area (Å²) in [5.41, 5.74) is 6.76. The van der Waals surface area contributed by atoms with Crippen molar-refractivity contribution in [3.8, 4) is 0 Å². The van der Waals surface area contributed by atoms with Gasteiger partial charge in [0.2, 0.25) is 0 Å². The molecule has 1 rings (SSSR count). The molecule has 0 unspecified atom stereocenters. The standard InChI is InChI=1S/C7H10N2.HI/c1-6-4-3-5-7(8)9(6)2;/h3-5,8H,1-2H3;1H. The maximum Gasteiger partial charge on any atom is 0.272 e. The summed E-state index contributed by atoms with van der Waals surface area (Å²) in [6.45, 7) is 2.02. The fourth-order valence-electron chi connectivity index (χ4n) is 0.713. The van der Waals surface area contributed by atoms with Gasteiger partial charge in [0.1, 0.15) is 5.69 Å². The lowest BCUT2D eigenvalue weighted by atomic mass is 10.3. The molecule has 0 aromatic carbocycles. The quantitative estimate of drug-likeness (QED) is 0.397. The molecule has 0 fully saturated rings. The van der Waals surface area contributed by atoms with E-state index in [2.05, 4.69) is 0 Å². The van der Waals surface area contributed by atoms with Crippen LogP contribution in [-0.2, 0) is 7.05 Å². The summed E-state index contributed by atoms with van der Waals surface area (Å²) in [7, 11) is 1.95. The van der Waals surface area contributed by atoms with Gasteiger partial charge in [-0.15, -0.1) is 0 Å². The Balaban J connectivity index is 0.000000810. The van der Waals surface area contributed by atoms with Crippen molar-refractivity contribution >= 4 is 5.82 Å². The van der Waals surface area contributed by atoms with E-state index in [0.717, 1.165) is 5.82 Å². The number of anilines is 1. The van der Waals surface area contributed by atoms with Gasteiger partial charge in [0, 0.05) is 6.07 Å². The second kappa shape index (κ2) is 3.75. The van der Waals surface area contributed by atoms with Crippen molar-refractivity contribution in [1.82, 2.24) is 0 Å². The van der Waals surface area contributed by atoms with E-state index >= 15 is 0 Å². The summed E-state index contributed by atoms with van der Waals surface area (Å²) in [6.07, 6.45) is 0. The van der Waals surface area contributed by atoms with E-state index in [0.29, 0.717) is 0 Å². The van der Waals surface area contributed by atoms with E-state index in [1.54, 1.807) is 0 Å². The Morgan fingerprint density at radius 1 is 1.40 bits per heavy atom. The summed E-state index contributed by atoms with van der Waals surface area (Å²) < 4.78 is 1.94. The van der Waals surface area contributed by atoms with Crippen molar-refractivity contribution < 1.29 is 28.5 Å². The molecule has 0 spiro atoms. The van der Waals surface area contributed by atoms with Crippen LogP contribution < -0.4 is 34.3 Å². The highest BCUT2D eigenvalue weighted by molar-refractivity contribution is 5.20. The molecule has 0 bridgehead atoms. The fraction of sp³-hybridized carbons (Fsp3) is 0.286. The van der Waals surface area contributed by atoms with Crippen molar-refractivity contribution in [1.29, 1.82) is 0 Å². The summed E-state index contributed by atoms with van der Waals surface area (Å²) in [5, 5.41) is 0. The van der Waals surface area contributed by atoms with Gasteiger partial charge in [-0.3, -0.25) is 5.73 Å². The maximum atomic E-state index is 5.58. The Morgan fingerprint density at radius 2 is 2.00 bits per heavy atom. The molecule has 0 aliphatic rings. The smallest absolute Gasteiger partial charge is 0.272 e. The van der Waals surface area contributed by atoms with Gasteiger partial charge in [0.05, 0.1) is 7.05 Å². The first kappa shape index (κ1) is 9.68. The van der Waals surface area contributed by atoms with Crippen molar-refractivity contribution in [3.05, 3.63) is 23.9 Å². The highest BCUT2D eigenvalue weighted by Gasteiger charge is 1.98. The van der Waals surface area contributed by atoms with Gasteiger partial charge in [-0.2, -0.15) is 0 Å². The zero-order valence-electron chi connectivity index (χ0n) is 6.13. The third kappa shape index (κ3) is 1.83. The van der Waals surface area contributed by atoms with Crippen LogP contribution in [0.4, 0.5) is 5.82 Å². The van der Waals surface area contributed by atoms with Crippen LogP contribution in [0.3, 0.4) is 0 Å². The first-order valence-corrected chi connectivity index (χ1v) is 2.93. The number of halogens is 1. The van der Waals surface area contributed by atoms with Gasteiger partial charge in [0.15, 0.2) is 0 Å². The van der Waals surface area contributed by atoms with Crippen LogP contribution in [0.25, 0.3) is 0 Å². The molecule has 0 aliphatic carbocycles. The first-order valence-electron chi connectivity index (χ1n) is 2.93. The van der Waals surface area contributed by atoms with Crippen molar-refractivity contribution in [2.24, 2.45) is 7.05 Å². The molecule has 1 heterocycles. The highest BCUT2D eigenvalue weighted by atomic mass is 127. The van der Waals surface area contributed by atoms with Crippen LogP contribution in [0.15, 0.2) is 18.2 Å². The normalized spacial score (nSPS) is 8.60. The predicted molar refractivity (Wildman–Crippen MR) is 36.8 cm³/mol.